The first-order valence-electron chi connectivity index (χ1n) is 7.69. The lowest BCUT2D eigenvalue weighted by atomic mass is 9.89. The molecule has 0 aliphatic carbocycles. The summed E-state index contributed by atoms with van der Waals surface area (Å²) >= 11 is 0. The number of nitrogens with zero attached hydrogens (tertiary/aromatic N) is 1. The van der Waals surface area contributed by atoms with Crippen molar-refractivity contribution >= 4 is 5.91 Å². The molecule has 2 rings (SSSR count). The summed E-state index contributed by atoms with van der Waals surface area (Å²) in [5.74, 6) is 1.84. The Kier molecular flexibility index (Phi) is 5.04. The van der Waals surface area contributed by atoms with Crippen molar-refractivity contribution in [1.82, 2.24) is 10.2 Å². The van der Waals surface area contributed by atoms with Crippen LogP contribution >= 0.6 is 0 Å². The predicted molar refractivity (Wildman–Crippen MR) is 74.4 cm³/mol. The third-order valence-corrected chi connectivity index (χ3v) is 4.24. The minimum absolute atomic E-state index is 0.108. The molecule has 1 N–H and O–H groups in total. The minimum atomic E-state index is 0.108. The fraction of sp³-hybridized carbons (Fsp3) is 0.933. The van der Waals surface area contributed by atoms with Crippen molar-refractivity contribution in [3.8, 4) is 0 Å². The molecule has 104 valence electrons. The fourth-order valence-corrected chi connectivity index (χ4v) is 3.41. The predicted octanol–water partition coefficient (Wildman–Crippen LogP) is 2.41. The number of rotatable bonds is 3. The molecule has 0 radical (unpaired) electrons. The van der Waals surface area contributed by atoms with Gasteiger partial charge in [-0.05, 0) is 50.5 Å². The Hall–Kier alpha value is -0.570. The van der Waals surface area contributed by atoms with Crippen LogP contribution in [0.3, 0.4) is 0 Å². The van der Waals surface area contributed by atoms with Gasteiger partial charge in [0.25, 0.3) is 0 Å². The Morgan fingerprint density at radius 3 is 2.78 bits per heavy atom. The summed E-state index contributed by atoms with van der Waals surface area (Å²) in [7, 11) is 0. The van der Waals surface area contributed by atoms with Crippen molar-refractivity contribution in [2.45, 2.75) is 58.4 Å². The number of carbonyl (C=O) groups excluding carboxylic acids is 1. The fourth-order valence-electron chi connectivity index (χ4n) is 3.41. The lowest BCUT2D eigenvalue weighted by Crippen LogP contribution is -2.51. The number of amides is 1. The Bertz CT molecular complexity index is 272. The molecule has 3 heteroatoms. The van der Waals surface area contributed by atoms with E-state index in [1.54, 1.807) is 0 Å². The number of nitrogens with one attached hydrogen (secondary N) is 1. The topological polar surface area (TPSA) is 32.3 Å². The van der Waals surface area contributed by atoms with E-state index in [4.69, 9.17) is 0 Å². The number of hydrogen-bond acceptors (Lipinski definition) is 2. The maximum atomic E-state index is 12.4. The molecule has 2 unspecified atom stereocenters. The molecule has 3 nitrogen and oxygen atoms in total. The summed E-state index contributed by atoms with van der Waals surface area (Å²) in [4.78, 5) is 14.6. The molecule has 18 heavy (non-hydrogen) atoms. The number of carbonyl (C=O) groups is 1. The van der Waals surface area contributed by atoms with Gasteiger partial charge in [-0.15, -0.1) is 0 Å². The van der Waals surface area contributed by atoms with Crippen LogP contribution in [0.5, 0.6) is 0 Å². The van der Waals surface area contributed by atoms with Crippen LogP contribution in [0, 0.1) is 11.8 Å². The van der Waals surface area contributed by atoms with Crippen molar-refractivity contribution < 1.29 is 4.79 Å². The highest BCUT2D eigenvalue weighted by Crippen LogP contribution is 2.24. The van der Waals surface area contributed by atoms with E-state index in [-0.39, 0.29) is 6.04 Å². The summed E-state index contributed by atoms with van der Waals surface area (Å²) in [5, 5.41) is 3.38. The Morgan fingerprint density at radius 1 is 1.28 bits per heavy atom. The molecule has 2 heterocycles. The van der Waals surface area contributed by atoms with Gasteiger partial charge in [-0.25, -0.2) is 0 Å². The summed E-state index contributed by atoms with van der Waals surface area (Å²) in [6.45, 7) is 7.55. The number of piperidine rings is 2. The normalized spacial score (nSPS) is 29.6. The smallest absolute Gasteiger partial charge is 0.239 e. The summed E-state index contributed by atoms with van der Waals surface area (Å²) in [6.07, 6.45) is 7.22. The molecular weight excluding hydrogens is 224 g/mol. The van der Waals surface area contributed by atoms with Gasteiger partial charge in [0.1, 0.15) is 0 Å². The van der Waals surface area contributed by atoms with E-state index in [1.165, 1.54) is 32.1 Å². The summed E-state index contributed by atoms with van der Waals surface area (Å²) in [6, 6.07) is 0.108. The first-order chi connectivity index (χ1) is 8.66. The standard InChI is InChI=1S/C15H28N2O/c1-12(2)10-13-6-5-9-17(11-13)15(18)14-7-3-4-8-16-14/h12-14,16H,3-11H2,1-2H3. The maximum absolute atomic E-state index is 12.4. The zero-order chi connectivity index (χ0) is 13.0. The molecule has 2 aliphatic rings. The number of likely N-dealkylation sites (tertiary alicyclic amines) is 1. The third kappa shape index (κ3) is 3.71. The summed E-state index contributed by atoms with van der Waals surface area (Å²) < 4.78 is 0. The van der Waals surface area contributed by atoms with E-state index in [1.807, 2.05) is 0 Å². The highest BCUT2D eigenvalue weighted by atomic mass is 16.2. The molecule has 1 amide bonds. The first kappa shape index (κ1) is 13.9. The van der Waals surface area contributed by atoms with Gasteiger partial charge >= 0.3 is 0 Å². The van der Waals surface area contributed by atoms with Crippen molar-refractivity contribution in [2.24, 2.45) is 11.8 Å². The van der Waals surface area contributed by atoms with Gasteiger partial charge in [0.2, 0.25) is 5.91 Å². The average molecular weight is 252 g/mol. The Morgan fingerprint density at radius 2 is 2.11 bits per heavy atom. The molecule has 2 fully saturated rings. The second kappa shape index (κ2) is 6.55. The van der Waals surface area contributed by atoms with Gasteiger partial charge in [0.05, 0.1) is 6.04 Å². The lowest BCUT2D eigenvalue weighted by Gasteiger charge is -2.36. The molecule has 0 aromatic rings. The zero-order valence-corrected chi connectivity index (χ0v) is 12.0. The van der Waals surface area contributed by atoms with E-state index in [0.717, 1.165) is 37.9 Å². The van der Waals surface area contributed by atoms with Crippen LogP contribution in [-0.2, 0) is 4.79 Å². The third-order valence-electron chi connectivity index (χ3n) is 4.24. The van der Waals surface area contributed by atoms with Crippen LogP contribution in [0.25, 0.3) is 0 Å². The van der Waals surface area contributed by atoms with Gasteiger partial charge < -0.3 is 10.2 Å². The quantitative estimate of drug-likeness (QED) is 0.836. The van der Waals surface area contributed by atoms with Crippen molar-refractivity contribution in [3.05, 3.63) is 0 Å². The maximum Gasteiger partial charge on any atom is 0.239 e. The van der Waals surface area contributed by atoms with Crippen molar-refractivity contribution in [2.75, 3.05) is 19.6 Å². The SMILES string of the molecule is CC(C)CC1CCCN(C(=O)C2CCCCN2)C1. The average Bonchev–Trinajstić information content (AvgIpc) is 2.38. The molecule has 0 spiro atoms. The lowest BCUT2D eigenvalue weighted by molar-refractivity contribution is -0.136. The summed E-state index contributed by atoms with van der Waals surface area (Å²) in [5.41, 5.74) is 0. The minimum Gasteiger partial charge on any atom is -0.341 e. The first-order valence-corrected chi connectivity index (χ1v) is 7.69. The van der Waals surface area contributed by atoms with Crippen LogP contribution in [0.4, 0.5) is 0 Å². The molecule has 0 aromatic carbocycles. The van der Waals surface area contributed by atoms with Gasteiger partial charge in [-0.1, -0.05) is 20.3 Å². The second-order valence-electron chi connectivity index (χ2n) is 6.42. The van der Waals surface area contributed by atoms with Gasteiger partial charge in [0, 0.05) is 13.1 Å². The molecule has 0 aromatic heterocycles. The van der Waals surface area contributed by atoms with Gasteiger partial charge in [0.15, 0.2) is 0 Å². The molecular formula is C15H28N2O. The van der Waals surface area contributed by atoms with Crippen LogP contribution < -0.4 is 5.32 Å². The molecule has 0 saturated carbocycles. The van der Waals surface area contributed by atoms with E-state index < -0.39 is 0 Å². The number of hydrogen-bond donors (Lipinski definition) is 1. The van der Waals surface area contributed by atoms with E-state index in [2.05, 4.69) is 24.1 Å². The zero-order valence-electron chi connectivity index (χ0n) is 12.0. The second-order valence-corrected chi connectivity index (χ2v) is 6.42. The van der Waals surface area contributed by atoms with E-state index >= 15 is 0 Å². The molecule has 0 bridgehead atoms. The Labute approximate surface area is 111 Å². The molecule has 2 aliphatic heterocycles. The van der Waals surface area contributed by atoms with E-state index in [9.17, 15) is 4.79 Å². The van der Waals surface area contributed by atoms with Crippen molar-refractivity contribution in [3.63, 3.8) is 0 Å². The highest BCUT2D eigenvalue weighted by Gasteiger charge is 2.29. The molecule has 2 atom stereocenters. The molecule has 2 saturated heterocycles. The highest BCUT2D eigenvalue weighted by molar-refractivity contribution is 5.82. The van der Waals surface area contributed by atoms with Crippen LogP contribution in [0.1, 0.15) is 52.4 Å². The monoisotopic (exact) mass is 252 g/mol. The van der Waals surface area contributed by atoms with Crippen LogP contribution in [0.15, 0.2) is 0 Å². The van der Waals surface area contributed by atoms with Crippen LogP contribution in [0.2, 0.25) is 0 Å². The van der Waals surface area contributed by atoms with Crippen molar-refractivity contribution in [1.29, 1.82) is 0 Å². The largest absolute Gasteiger partial charge is 0.341 e. The van der Waals surface area contributed by atoms with E-state index in [0.29, 0.717) is 5.91 Å². The van der Waals surface area contributed by atoms with Crippen LogP contribution in [-0.4, -0.2) is 36.5 Å². The Balaban J connectivity index is 1.85. The van der Waals surface area contributed by atoms with Gasteiger partial charge in [-0.3, -0.25) is 4.79 Å². The van der Waals surface area contributed by atoms with Gasteiger partial charge in [-0.2, -0.15) is 0 Å².